The number of nitrogens with zero attached hydrogens (tertiary/aromatic N) is 2. The number of hydrogen-bond donors (Lipinski definition) is 1. The van der Waals surface area contributed by atoms with Gasteiger partial charge in [0.2, 0.25) is 0 Å². The van der Waals surface area contributed by atoms with Gasteiger partial charge in [-0.3, -0.25) is 9.88 Å². The summed E-state index contributed by atoms with van der Waals surface area (Å²) in [4.78, 5) is 6.75. The predicted octanol–water partition coefficient (Wildman–Crippen LogP) is 3.02. The number of aromatic nitrogens is 1. The first-order chi connectivity index (χ1) is 11.2. The monoisotopic (exact) mass is 311 g/mol. The molecule has 1 atom stereocenters. The van der Waals surface area contributed by atoms with E-state index >= 15 is 0 Å². The highest BCUT2D eigenvalue weighted by atomic mass is 16.5. The number of pyridine rings is 1. The van der Waals surface area contributed by atoms with E-state index in [0.717, 1.165) is 31.9 Å². The largest absolute Gasteiger partial charge is 0.491 e. The Morgan fingerprint density at radius 3 is 2.78 bits per heavy atom. The Bertz CT molecular complexity index is 598. The molecule has 2 aromatic rings. The maximum absolute atomic E-state index is 5.74. The smallest absolute Gasteiger partial charge is 0.119 e. The van der Waals surface area contributed by atoms with Crippen molar-refractivity contribution in [2.45, 2.75) is 32.5 Å². The van der Waals surface area contributed by atoms with Gasteiger partial charge in [0.15, 0.2) is 0 Å². The summed E-state index contributed by atoms with van der Waals surface area (Å²) in [5.74, 6) is 0.936. The average Bonchev–Trinajstić information content (AvgIpc) is 2.57. The van der Waals surface area contributed by atoms with Gasteiger partial charge in [0, 0.05) is 44.6 Å². The van der Waals surface area contributed by atoms with E-state index in [4.69, 9.17) is 4.74 Å². The second-order valence-corrected chi connectivity index (χ2v) is 6.29. The van der Waals surface area contributed by atoms with Crippen molar-refractivity contribution in [3.63, 3.8) is 0 Å². The Morgan fingerprint density at radius 1 is 1.26 bits per heavy atom. The number of piperazine rings is 1. The highest BCUT2D eigenvalue weighted by Gasteiger charge is 2.23. The summed E-state index contributed by atoms with van der Waals surface area (Å²) < 4.78 is 5.74. The highest BCUT2D eigenvalue weighted by molar-refractivity contribution is 5.30. The van der Waals surface area contributed by atoms with Crippen LogP contribution in [-0.2, 0) is 6.54 Å². The van der Waals surface area contributed by atoms with Gasteiger partial charge in [-0.1, -0.05) is 18.2 Å². The molecule has 4 nitrogen and oxygen atoms in total. The molecule has 1 unspecified atom stereocenters. The summed E-state index contributed by atoms with van der Waals surface area (Å²) in [6.07, 6.45) is 3.99. The summed E-state index contributed by atoms with van der Waals surface area (Å²) >= 11 is 0. The summed E-state index contributed by atoms with van der Waals surface area (Å²) in [7, 11) is 0. The first kappa shape index (κ1) is 16.0. The van der Waals surface area contributed by atoms with Crippen molar-refractivity contribution in [1.82, 2.24) is 15.2 Å². The van der Waals surface area contributed by atoms with E-state index in [1.165, 1.54) is 11.1 Å². The molecule has 0 bridgehead atoms. The van der Waals surface area contributed by atoms with Crippen LogP contribution in [0, 0.1) is 0 Å². The fourth-order valence-corrected chi connectivity index (χ4v) is 3.03. The van der Waals surface area contributed by atoms with Crippen LogP contribution < -0.4 is 10.1 Å². The van der Waals surface area contributed by atoms with Crippen molar-refractivity contribution >= 4 is 0 Å². The molecular formula is C19H25N3O. The molecule has 0 radical (unpaired) electrons. The first-order valence-electron chi connectivity index (χ1n) is 8.32. The zero-order chi connectivity index (χ0) is 16.1. The van der Waals surface area contributed by atoms with E-state index in [1.807, 2.05) is 18.5 Å². The van der Waals surface area contributed by atoms with Crippen LogP contribution >= 0.6 is 0 Å². The minimum atomic E-state index is 0.208. The van der Waals surface area contributed by atoms with Crippen molar-refractivity contribution in [3.05, 3.63) is 59.9 Å². The second-order valence-electron chi connectivity index (χ2n) is 6.29. The fourth-order valence-electron chi connectivity index (χ4n) is 3.03. The molecular weight excluding hydrogens is 286 g/mol. The van der Waals surface area contributed by atoms with Crippen LogP contribution in [0.5, 0.6) is 5.75 Å². The van der Waals surface area contributed by atoms with Crippen LogP contribution in [0.2, 0.25) is 0 Å². The quantitative estimate of drug-likeness (QED) is 0.921. The van der Waals surface area contributed by atoms with E-state index in [9.17, 15) is 0 Å². The second kappa shape index (κ2) is 7.57. The molecule has 1 fully saturated rings. The molecule has 1 aromatic heterocycles. The molecule has 2 heterocycles. The van der Waals surface area contributed by atoms with Gasteiger partial charge < -0.3 is 10.1 Å². The predicted molar refractivity (Wildman–Crippen MR) is 92.5 cm³/mol. The SMILES string of the molecule is CC(C)Oc1ccc(C2CNCCN2Cc2cccnc2)cc1. The summed E-state index contributed by atoms with van der Waals surface area (Å²) in [5, 5.41) is 3.51. The number of ether oxygens (including phenoxy) is 1. The number of rotatable bonds is 5. The maximum atomic E-state index is 5.74. The van der Waals surface area contributed by atoms with Crippen LogP contribution in [0.1, 0.15) is 31.0 Å². The zero-order valence-corrected chi connectivity index (χ0v) is 13.9. The van der Waals surface area contributed by atoms with E-state index < -0.39 is 0 Å². The van der Waals surface area contributed by atoms with Crippen molar-refractivity contribution in [2.24, 2.45) is 0 Å². The summed E-state index contributed by atoms with van der Waals surface area (Å²) in [5.41, 5.74) is 2.59. The molecule has 3 rings (SSSR count). The van der Waals surface area contributed by atoms with Gasteiger partial charge >= 0.3 is 0 Å². The molecule has 1 aliphatic rings. The fraction of sp³-hybridized carbons (Fsp3) is 0.421. The number of nitrogens with one attached hydrogen (secondary N) is 1. The topological polar surface area (TPSA) is 37.4 Å². The van der Waals surface area contributed by atoms with Crippen LogP contribution in [-0.4, -0.2) is 35.6 Å². The standard InChI is InChI=1S/C19H25N3O/c1-15(2)23-18-7-5-17(6-8-18)19-13-21-10-11-22(19)14-16-4-3-9-20-12-16/h3-9,12,15,19,21H,10-11,13-14H2,1-2H3. The van der Waals surface area contributed by atoms with Crippen LogP contribution in [0.25, 0.3) is 0 Å². The van der Waals surface area contributed by atoms with Crippen molar-refractivity contribution < 1.29 is 4.74 Å². The lowest BCUT2D eigenvalue weighted by Crippen LogP contribution is -2.45. The third-order valence-electron chi connectivity index (χ3n) is 4.10. The Kier molecular flexibility index (Phi) is 5.26. The molecule has 0 aliphatic carbocycles. The van der Waals surface area contributed by atoms with Crippen LogP contribution in [0.15, 0.2) is 48.8 Å². The van der Waals surface area contributed by atoms with Crippen molar-refractivity contribution in [1.29, 1.82) is 0 Å². The van der Waals surface area contributed by atoms with Gasteiger partial charge in [-0.25, -0.2) is 0 Å². The molecule has 0 saturated carbocycles. The molecule has 0 spiro atoms. The third kappa shape index (κ3) is 4.30. The lowest BCUT2D eigenvalue weighted by atomic mass is 10.0. The van der Waals surface area contributed by atoms with Gasteiger partial charge in [-0.15, -0.1) is 0 Å². The van der Waals surface area contributed by atoms with Crippen LogP contribution in [0.4, 0.5) is 0 Å². The normalized spacial score (nSPS) is 19.0. The summed E-state index contributed by atoms with van der Waals surface area (Å²) in [6.45, 7) is 8.09. The highest BCUT2D eigenvalue weighted by Crippen LogP contribution is 2.26. The molecule has 23 heavy (non-hydrogen) atoms. The van der Waals surface area contributed by atoms with E-state index in [-0.39, 0.29) is 6.10 Å². The van der Waals surface area contributed by atoms with E-state index in [1.54, 1.807) is 0 Å². The minimum absolute atomic E-state index is 0.208. The first-order valence-corrected chi connectivity index (χ1v) is 8.32. The number of hydrogen-bond acceptors (Lipinski definition) is 4. The molecule has 1 aliphatic heterocycles. The number of benzene rings is 1. The summed E-state index contributed by atoms with van der Waals surface area (Å²) in [6, 6.07) is 13.1. The Morgan fingerprint density at radius 2 is 2.09 bits per heavy atom. The Hall–Kier alpha value is -1.91. The molecule has 1 aromatic carbocycles. The molecule has 0 amide bonds. The van der Waals surface area contributed by atoms with Gasteiger partial charge in [-0.2, -0.15) is 0 Å². The van der Waals surface area contributed by atoms with Gasteiger partial charge in [0.1, 0.15) is 5.75 Å². The molecule has 4 heteroatoms. The van der Waals surface area contributed by atoms with Crippen molar-refractivity contribution in [3.8, 4) is 5.75 Å². The molecule has 122 valence electrons. The van der Waals surface area contributed by atoms with Gasteiger partial charge in [-0.05, 0) is 43.2 Å². The van der Waals surface area contributed by atoms with Crippen molar-refractivity contribution in [2.75, 3.05) is 19.6 Å². The lowest BCUT2D eigenvalue weighted by molar-refractivity contribution is 0.153. The Labute approximate surface area is 138 Å². The zero-order valence-electron chi connectivity index (χ0n) is 13.9. The maximum Gasteiger partial charge on any atom is 0.119 e. The minimum Gasteiger partial charge on any atom is -0.491 e. The van der Waals surface area contributed by atoms with E-state index in [0.29, 0.717) is 6.04 Å². The van der Waals surface area contributed by atoms with E-state index in [2.05, 4.69) is 59.4 Å². The van der Waals surface area contributed by atoms with Gasteiger partial charge in [0.05, 0.1) is 6.10 Å². The van der Waals surface area contributed by atoms with Gasteiger partial charge in [0.25, 0.3) is 0 Å². The molecule has 1 N–H and O–H groups in total. The van der Waals surface area contributed by atoms with Crippen LogP contribution in [0.3, 0.4) is 0 Å². The third-order valence-corrected chi connectivity index (χ3v) is 4.10. The Balaban J connectivity index is 1.73. The molecule has 1 saturated heterocycles. The lowest BCUT2D eigenvalue weighted by Gasteiger charge is -2.36. The average molecular weight is 311 g/mol.